The van der Waals surface area contributed by atoms with Crippen LogP contribution in [0.2, 0.25) is 0 Å². The fourth-order valence-corrected chi connectivity index (χ4v) is 4.82. The number of hydrogen-bond donors (Lipinski definition) is 2. The van der Waals surface area contributed by atoms with E-state index in [1.165, 1.54) is 11.1 Å². The second kappa shape index (κ2) is 7.28. The molecule has 0 atom stereocenters. The maximum absolute atomic E-state index is 10.6. The second-order valence-electron chi connectivity index (χ2n) is 8.08. The summed E-state index contributed by atoms with van der Waals surface area (Å²) < 4.78 is 0. The quantitative estimate of drug-likeness (QED) is 0.431. The minimum Gasteiger partial charge on any atom is -0.423 e. The third kappa shape index (κ3) is 2.90. The van der Waals surface area contributed by atoms with Crippen LogP contribution in [-0.4, -0.2) is 17.2 Å². The fraction of sp³-hybridized carbons (Fsp3) is 0.111. The molecule has 4 aromatic carbocycles. The molecule has 5 rings (SSSR count). The van der Waals surface area contributed by atoms with Crippen molar-refractivity contribution < 1.29 is 10.0 Å². The third-order valence-electron chi connectivity index (χ3n) is 6.26. The molecule has 1 aliphatic carbocycles. The van der Waals surface area contributed by atoms with Crippen LogP contribution in [0.4, 0.5) is 0 Å². The zero-order valence-electron chi connectivity index (χ0n) is 17.2. The average Bonchev–Trinajstić information content (AvgIpc) is 3.11. The van der Waals surface area contributed by atoms with Crippen LogP contribution in [0, 0.1) is 13.8 Å². The average molecular weight is 390 g/mol. The van der Waals surface area contributed by atoms with Crippen LogP contribution in [0.5, 0.6) is 0 Å². The lowest BCUT2D eigenvalue weighted by molar-refractivity contribution is 0.425. The summed E-state index contributed by atoms with van der Waals surface area (Å²) in [7, 11) is -1.55. The van der Waals surface area contributed by atoms with E-state index in [2.05, 4.69) is 56.3 Å². The van der Waals surface area contributed by atoms with Gasteiger partial charge in [0.2, 0.25) is 0 Å². The van der Waals surface area contributed by atoms with Gasteiger partial charge < -0.3 is 10.0 Å². The summed E-state index contributed by atoms with van der Waals surface area (Å²) in [6.45, 7) is 4.18. The van der Waals surface area contributed by atoms with Gasteiger partial charge in [0.25, 0.3) is 0 Å². The maximum atomic E-state index is 10.6. The van der Waals surface area contributed by atoms with Crippen LogP contribution in [0.25, 0.3) is 33.4 Å². The van der Waals surface area contributed by atoms with Gasteiger partial charge in [-0.25, -0.2) is 0 Å². The van der Waals surface area contributed by atoms with Crippen molar-refractivity contribution >= 4 is 12.6 Å². The van der Waals surface area contributed by atoms with Gasteiger partial charge in [-0.05, 0) is 87.4 Å². The highest BCUT2D eigenvalue weighted by atomic mass is 16.4. The Balaban J connectivity index is 1.94. The van der Waals surface area contributed by atoms with E-state index in [0.29, 0.717) is 11.9 Å². The Labute approximate surface area is 177 Å². The van der Waals surface area contributed by atoms with Gasteiger partial charge in [-0.1, -0.05) is 72.8 Å². The SMILES string of the molecule is Cc1ccccc1-c1cc2c(c(B(O)O)c1-c1ccccc1C)Cc1ccccc1-2. The third-order valence-corrected chi connectivity index (χ3v) is 6.26. The molecule has 0 radical (unpaired) electrons. The number of hydrogen-bond acceptors (Lipinski definition) is 2. The molecule has 0 aliphatic heterocycles. The van der Waals surface area contributed by atoms with Crippen LogP contribution in [0.3, 0.4) is 0 Å². The summed E-state index contributed by atoms with van der Waals surface area (Å²) in [5, 5.41) is 21.2. The highest BCUT2D eigenvalue weighted by Gasteiger charge is 2.31. The molecule has 1 aliphatic rings. The Morgan fingerprint density at radius 3 is 1.83 bits per heavy atom. The summed E-state index contributed by atoms with van der Waals surface area (Å²) in [5.41, 5.74) is 11.5. The number of benzene rings is 4. The van der Waals surface area contributed by atoms with Crippen molar-refractivity contribution in [3.63, 3.8) is 0 Å². The van der Waals surface area contributed by atoms with Crippen LogP contribution < -0.4 is 5.46 Å². The van der Waals surface area contributed by atoms with Gasteiger partial charge >= 0.3 is 7.12 Å². The Morgan fingerprint density at radius 1 is 0.633 bits per heavy atom. The topological polar surface area (TPSA) is 40.5 Å². The van der Waals surface area contributed by atoms with Crippen LogP contribution in [0.15, 0.2) is 78.9 Å². The highest BCUT2D eigenvalue weighted by molar-refractivity contribution is 6.62. The predicted octanol–water partition coefficient (Wildman–Crippen LogP) is 4.89. The zero-order chi connectivity index (χ0) is 20.8. The van der Waals surface area contributed by atoms with Crippen molar-refractivity contribution in [2.24, 2.45) is 0 Å². The lowest BCUT2D eigenvalue weighted by atomic mass is 9.68. The minimum atomic E-state index is -1.55. The van der Waals surface area contributed by atoms with Gasteiger partial charge in [0.05, 0.1) is 0 Å². The van der Waals surface area contributed by atoms with Gasteiger partial charge in [0, 0.05) is 0 Å². The lowest BCUT2D eigenvalue weighted by Crippen LogP contribution is -2.35. The Hall–Kier alpha value is -3.14. The van der Waals surface area contributed by atoms with Gasteiger partial charge in [-0.3, -0.25) is 0 Å². The zero-order valence-corrected chi connectivity index (χ0v) is 17.2. The Kier molecular flexibility index (Phi) is 4.58. The van der Waals surface area contributed by atoms with Crippen LogP contribution >= 0.6 is 0 Å². The molecule has 2 N–H and O–H groups in total. The van der Waals surface area contributed by atoms with Crippen molar-refractivity contribution in [3.8, 4) is 33.4 Å². The molecule has 0 heterocycles. The maximum Gasteiger partial charge on any atom is 0.489 e. The first-order chi connectivity index (χ1) is 14.6. The van der Waals surface area contributed by atoms with Crippen molar-refractivity contribution in [2.45, 2.75) is 20.3 Å². The van der Waals surface area contributed by atoms with E-state index in [4.69, 9.17) is 0 Å². The lowest BCUT2D eigenvalue weighted by Gasteiger charge is -2.22. The first-order valence-corrected chi connectivity index (χ1v) is 10.3. The molecule has 3 heteroatoms. The molecular formula is C27H23BO2. The summed E-state index contributed by atoms with van der Waals surface area (Å²) in [5.74, 6) is 0. The van der Waals surface area contributed by atoms with Gasteiger partial charge in [-0.2, -0.15) is 0 Å². The normalized spacial score (nSPS) is 11.9. The Bertz CT molecular complexity index is 1270. The fourth-order valence-electron chi connectivity index (χ4n) is 4.82. The van der Waals surface area contributed by atoms with Crippen molar-refractivity contribution in [3.05, 3.63) is 101 Å². The summed E-state index contributed by atoms with van der Waals surface area (Å²) in [4.78, 5) is 0. The summed E-state index contributed by atoms with van der Waals surface area (Å²) >= 11 is 0. The van der Waals surface area contributed by atoms with Gasteiger partial charge in [-0.15, -0.1) is 0 Å². The number of aryl methyl sites for hydroxylation is 2. The molecule has 146 valence electrons. The van der Waals surface area contributed by atoms with Crippen LogP contribution in [0.1, 0.15) is 22.3 Å². The molecule has 0 unspecified atom stereocenters. The van der Waals surface area contributed by atoms with E-state index in [1.807, 2.05) is 36.4 Å². The van der Waals surface area contributed by atoms with Crippen LogP contribution in [-0.2, 0) is 6.42 Å². The molecule has 2 nitrogen and oxygen atoms in total. The molecule has 0 saturated carbocycles. The van der Waals surface area contributed by atoms with E-state index in [9.17, 15) is 10.0 Å². The number of rotatable bonds is 3. The standard InChI is InChI=1S/C27H23BO2/c1-17-9-3-6-12-20(17)24-16-23-22-14-8-5-11-19(22)15-25(23)27(28(29)30)26(24)21-13-7-4-10-18(21)2/h3-14,16,29-30H,15H2,1-2H3. The molecular weight excluding hydrogens is 367 g/mol. The molecule has 0 spiro atoms. The summed E-state index contributed by atoms with van der Waals surface area (Å²) in [6.07, 6.45) is 0.714. The van der Waals surface area contributed by atoms with E-state index in [-0.39, 0.29) is 0 Å². The van der Waals surface area contributed by atoms with Gasteiger partial charge in [0.15, 0.2) is 0 Å². The molecule has 0 aromatic heterocycles. The van der Waals surface area contributed by atoms with Crippen molar-refractivity contribution in [1.29, 1.82) is 0 Å². The second-order valence-corrected chi connectivity index (χ2v) is 8.08. The highest BCUT2D eigenvalue weighted by Crippen LogP contribution is 2.43. The first-order valence-electron chi connectivity index (χ1n) is 10.3. The van der Waals surface area contributed by atoms with E-state index in [1.54, 1.807) is 0 Å². The minimum absolute atomic E-state index is 0.622. The van der Waals surface area contributed by atoms with E-state index < -0.39 is 7.12 Å². The van der Waals surface area contributed by atoms with Crippen molar-refractivity contribution in [2.75, 3.05) is 0 Å². The smallest absolute Gasteiger partial charge is 0.423 e. The Morgan fingerprint density at radius 2 is 1.20 bits per heavy atom. The molecule has 0 saturated heterocycles. The first kappa shape index (κ1) is 18.9. The monoisotopic (exact) mass is 390 g/mol. The number of fused-ring (bicyclic) bond motifs is 3. The van der Waals surface area contributed by atoms with E-state index in [0.717, 1.165) is 44.5 Å². The predicted molar refractivity (Wildman–Crippen MR) is 125 cm³/mol. The summed E-state index contributed by atoms with van der Waals surface area (Å²) in [6, 6.07) is 27.1. The molecule has 0 bridgehead atoms. The van der Waals surface area contributed by atoms with E-state index >= 15 is 0 Å². The molecule has 4 aromatic rings. The molecule has 0 fully saturated rings. The van der Waals surface area contributed by atoms with Gasteiger partial charge in [0.1, 0.15) is 0 Å². The van der Waals surface area contributed by atoms with Crippen molar-refractivity contribution in [1.82, 2.24) is 0 Å². The molecule has 0 amide bonds. The largest absolute Gasteiger partial charge is 0.489 e. The molecule has 30 heavy (non-hydrogen) atoms.